The Hall–Kier alpha value is -1.10. The standard InChI is InChI=1S/C5H2N5.Na/c6-1-4(2-7)5(9)10-3-8;/h(H2,9,10);/q-1;+1. The smallest absolute Gasteiger partial charge is 0.762 e. The van der Waals surface area contributed by atoms with Crippen molar-refractivity contribution in [2.75, 3.05) is 0 Å². The molecule has 0 saturated heterocycles. The third kappa shape index (κ3) is 4.32. The normalized spacial score (nSPS) is 8.00. The molecular weight excluding hydrogens is 153 g/mol. The maximum Gasteiger partial charge on any atom is 1.00 e. The number of hydrogen-bond donors (Lipinski definition) is 1. The summed E-state index contributed by atoms with van der Waals surface area (Å²) in [7, 11) is 0. The van der Waals surface area contributed by atoms with Gasteiger partial charge in [-0.1, -0.05) is 0 Å². The summed E-state index contributed by atoms with van der Waals surface area (Å²) in [4.78, 5) is 2.98. The molecule has 0 radical (unpaired) electrons. The Morgan fingerprint density at radius 2 is 2.00 bits per heavy atom. The Labute approximate surface area is 85.6 Å². The van der Waals surface area contributed by atoms with E-state index in [1.165, 1.54) is 18.1 Å². The molecule has 0 bridgehead atoms. The minimum absolute atomic E-state index is 0. The van der Waals surface area contributed by atoms with Crippen molar-refractivity contribution in [3.8, 4) is 12.3 Å². The van der Waals surface area contributed by atoms with E-state index in [1.54, 1.807) is 0 Å². The number of nitriles is 2. The number of rotatable bonds is 1. The average molecular weight is 155 g/mol. The number of nitrogens with two attached hydrogens (primary N) is 1. The van der Waals surface area contributed by atoms with Gasteiger partial charge in [0.1, 0.15) is 11.6 Å². The summed E-state index contributed by atoms with van der Waals surface area (Å²) in [6, 6.07) is 1.48. The van der Waals surface area contributed by atoms with Gasteiger partial charge >= 0.3 is 29.6 Å². The minimum Gasteiger partial charge on any atom is -0.762 e. The van der Waals surface area contributed by atoms with Crippen LogP contribution in [-0.2, 0) is 0 Å². The molecule has 6 heteroatoms. The number of amidine groups is 1. The van der Waals surface area contributed by atoms with Crippen LogP contribution < -0.4 is 35.3 Å². The fraction of sp³-hybridized carbons (Fsp3) is 0. The van der Waals surface area contributed by atoms with Gasteiger partial charge in [0.2, 0.25) is 6.19 Å². The van der Waals surface area contributed by atoms with Gasteiger partial charge in [-0.2, -0.15) is 15.5 Å². The molecule has 2 N–H and O–H groups in total. The van der Waals surface area contributed by atoms with Crippen LogP contribution in [0.3, 0.4) is 0 Å². The topological polar surface area (TPSA) is 108 Å². The van der Waals surface area contributed by atoms with Crippen molar-refractivity contribution in [3.63, 3.8) is 0 Å². The Balaban J connectivity index is 0. The average Bonchev–Trinajstić information content (AvgIpc) is 1.91. The van der Waals surface area contributed by atoms with Crippen molar-refractivity contribution < 1.29 is 29.6 Å². The summed E-state index contributed by atoms with van der Waals surface area (Å²) in [5.74, 6) is 1.14. The van der Waals surface area contributed by atoms with E-state index in [-0.39, 0.29) is 41.0 Å². The first-order valence-electron chi connectivity index (χ1n) is 2.16. The van der Waals surface area contributed by atoms with Crippen molar-refractivity contribution in [2.24, 2.45) is 10.7 Å². The van der Waals surface area contributed by atoms with E-state index in [4.69, 9.17) is 21.7 Å². The van der Waals surface area contributed by atoms with Crippen molar-refractivity contribution in [3.05, 3.63) is 11.0 Å². The minimum atomic E-state index is -0.346. The summed E-state index contributed by atoms with van der Waals surface area (Å²) in [5, 5.41) is 24.2. The van der Waals surface area contributed by atoms with E-state index in [9.17, 15) is 0 Å². The summed E-state index contributed by atoms with van der Waals surface area (Å²) < 4.78 is 0. The van der Waals surface area contributed by atoms with Crippen LogP contribution >= 0.6 is 0 Å². The summed E-state index contributed by atoms with van der Waals surface area (Å²) >= 11 is 0. The molecule has 0 aliphatic heterocycles. The Morgan fingerprint density at radius 1 is 1.45 bits per heavy atom. The molecule has 0 aliphatic carbocycles. The zero-order valence-corrected chi connectivity index (χ0v) is 7.87. The van der Waals surface area contributed by atoms with E-state index in [2.05, 4.69) is 4.99 Å². The van der Waals surface area contributed by atoms with Crippen LogP contribution in [0.2, 0.25) is 0 Å². The van der Waals surface area contributed by atoms with Crippen LogP contribution in [0, 0.1) is 22.8 Å². The third-order valence-corrected chi connectivity index (χ3v) is 0.650. The molecule has 0 heterocycles. The number of hydrogen-bond acceptors (Lipinski definition) is 3. The first-order valence-corrected chi connectivity index (χ1v) is 2.16. The second kappa shape index (κ2) is 7.01. The van der Waals surface area contributed by atoms with E-state index in [0.29, 0.717) is 0 Å². The van der Waals surface area contributed by atoms with Crippen LogP contribution in [-0.4, -0.2) is 11.7 Å². The van der Waals surface area contributed by atoms with Crippen molar-refractivity contribution in [2.45, 2.75) is 0 Å². The summed E-state index contributed by atoms with van der Waals surface area (Å²) in [6.45, 7) is 0. The van der Waals surface area contributed by atoms with Gasteiger partial charge in [-0.15, -0.1) is 0 Å². The fourth-order valence-corrected chi connectivity index (χ4v) is 0.249. The van der Waals surface area contributed by atoms with Crippen LogP contribution in [0.25, 0.3) is 5.41 Å². The first kappa shape index (κ1) is 12.6. The van der Waals surface area contributed by atoms with Gasteiger partial charge in [-0.05, 0) is 0 Å². The molecule has 0 aromatic rings. The van der Waals surface area contributed by atoms with Gasteiger partial charge < -0.3 is 11.1 Å². The monoisotopic (exact) mass is 155 g/mol. The molecule has 0 aromatic heterocycles. The molecule has 5 nitrogen and oxygen atoms in total. The summed E-state index contributed by atoms with van der Waals surface area (Å²) in [5.41, 5.74) is 4.65. The van der Waals surface area contributed by atoms with E-state index < -0.39 is 0 Å². The molecule has 48 valence electrons. The Bertz CT molecular complexity index is 285. The summed E-state index contributed by atoms with van der Waals surface area (Å²) in [6.07, 6.45) is 1.36. The van der Waals surface area contributed by atoms with Crippen LogP contribution in [0.5, 0.6) is 0 Å². The van der Waals surface area contributed by atoms with Crippen molar-refractivity contribution in [1.29, 1.82) is 10.5 Å². The van der Waals surface area contributed by atoms with Gasteiger partial charge in [0.15, 0.2) is 5.84 Å². The molecule has 0 unspecified atom stereocenters. The van der Waals surface area contributed by atoms with Crippen molar-refractivity contribution >= 4 is 11.7 Å². The van der Waals surface area contributed by atoms with Gasteiger partial charge in [0.25, 0.3) is 0 Å². The van der Waals surface area contributed by atoms with Crippen molar-refractivity contribution in [1.82, 2.24) is 0 Å². The Morgan fingerprint density at radius 3 is 2.27 bits per heavy atom. The zero-order valence-electron chi connectivity index (χ0n) is 5.87. The SMILES string of the molecule is N#CN=C(N)C(=C=[N-])C#N.[Na+]. The maximum atomic E-state index is 8.14. The van der Waals surface area contributed by atoms with E-state index >= 15 is 0 Å². The molecular formula is C5H2N5Na. The molecule has 0 atom stereocenters. The molecule has 0 amide bonds. The van der Waals surface area contributed by atoms with Gasteiger partial charge in [-0.25, -0.2) is 5.87 Å². The predicted molar refractivity (Wildman–Crippen MR) is 34.7 cm³/mol. The van der Waals surface area contributed by atoms with Gasteiger partial charge in [0, 0.05) is 0 Å². The number of nitrogens with zero attached hydrogens (tertiary/aromatic N) is 4. The van der Waals surface area contributed by atoms with Crippen LogP contribution in [0.4, 0.5) is 0 Å². The van der Waals surface area contributed by atoms with Gasteiger partial charge in [0.05, 0.1) is 0 Å². The fourth-order valence-electron chi connectivity index (χ4n) is 0.249. The largest absolute Gasteiger partial charge is 1.00 e. The first-order chi connectivity index (χ1) is 4.76. The Kier molecular flexibility index (Phi) is 8.01. The molecule has 0 fully saturated rings. The quantitative estimate of drug-likeness (QED) is 0.139. The van der Waals surface area contributed by atoms with Crippen LogP contribution in [0.15, 0.2) is 10.6 Å². The molecule has 0 spiro atoms. The zero-order chi connectivity index (χ0) is 7.98. The second-order valence-corrected chi connectivity index (χ2v) is 1.20. The molecule has 0 saturated carbocycles. The third-order valence-electron chi connectivity index (χ3n) is 0.650. The van der Waals surface area contributed by atoms with Crippen LogP contribution in [0.1, 0.15) is 0 Å². The second-order valence-electron chi connectivity index (χ2n) is 1.20. The predicted octanol–water partition coefficient (Wildman–Crippen LogP) is -3.48. The van der Waals surface area contributed by atoms with E-state index in [0.717, 1.165) is 0 Å². The van der Waals surface area contributed by atoms with Gasteiger partial charge in [-0.3, -0.25) is 0 Å². The molecule has 0 aliphatic rings. The van der Waals surface area contributed by atoms with E-state index in [1.807, 2.05) is 0 Å². The number of aliphatic imine (C=N–C) groups is 1. The molecule has 0 aromatic carbocycles. The maximum absolute atomic E-state index is 8.14. The molecule has 11 heavy (non-hydrogen) atoms. The molecule has 0 rings (SSSR count).